The van der Waals surface area contributed by atoms with Gasteiger partial charge in [-0.3, -0.25) is 14.4 Å². The Morgan fingerprint density at radius 3 is 2.24 bits per heavy atom. The molecule has 34 heavy (non-hydrogen) atoms. The predicted octanol–water partition coefficient (Wildman–Crippen LogP) is 5.25. The largest absolute Gasteiger partial charge is 0.494 e. The lowest BCUT2D eigenvalue weighted by atomic mass is 9.90. The molecular weight excluding hydrogens is 448 g/mol. The molecule has 0 aliphatic carbocycles. The number of thioether (sulfide) groups is 1. The normalized spacial score (nSPS) is 21.8. The molecule has 174 valence electrons. The number of carbonyl (C=O) groups excluding carboxylic acids is 2. The van der Waals surface area contributed by atoms with E-state index in [1.54, 1.807) is 41.1 Å². The fourth-order valence-electron chi connectivity index (χ4n) is 4.52. The quantitative estimate of drug-likeness (QED) is 0.344. The first-order valence-electron chi connectivity index (χ1n) is 11.4. The number of fused-ring (bicyclic) bond motifs is 1. The number of amides is 2. The summed E-state index contributed by atoms with van der Waals surface area (Å²) in [6, 6.07) is 24.3. The fraction of sp³-hybridized carbons (Fsp3) is 0.259. The molecule has 6 nitrogen and oxygen atoms in total. The van der Waals surface area contributed by atoms with Crippen molar-refractivity contribution in [2.45, 2.75) is 30.4 Å². The molecule has 2 aliphatic rings. The zero-order valence-corrected chi connectivity index (χ0v) is 19.9. The monoisotopic (exact) mass is 474 g/mol. The number of imide groups is 1. The average molecular weight is 475 g/mol. The van der Waals surface area contributed by atoms with Crippen LogP contribution < -0.4 is 14.7 Å². The number of anilines is 2. The van der Waals surface area contributed by atoms with Crippen molar-refractivity contribution in [2.24, 2.45) is 5.92 Å². The fourth-order valence-corrected chi connectivity index (χ4v) is 4.93. The smallest absolute Gasteiger partial charge is 0.266 e. The van der Waals surface area contributed by atoms with E-state index in [4.69, 9.17) is 9.57 Å². The highest BCUT2D eigenvalue weighted by molar-refractivity contribution is 7.98. The first-order chi connectivity index (χ1) is 16.6. The van der Waals surface area contributed by atoms with E-state index in [-0.39, 0.29) is 11.8 Å². The summed E-state index contributed by atoms with van der Waals surface area (Å²) >= 11 is 1.66. The molecule has 3 aromatic carbocycles. The van der Waals surface area contributed by atoms with E-state index in [9.17, 15) is 9.59 Å². The molecule has 0 saturated carbocycles. The van der Waals surface area contributed by atoms with Crippen LogP contribution in [0.1, 0.15) is 24.9 Å². The van der Waals surface area contributed by atoms with Crippen LogP contribution in [0.2, 0.25) is 0 Å². The SMILES string of the molecule is CCCOc1ccc(N2C(=O)[C@H]3[C@H](ON(c4ccccc4)[C@H]3c3ccc(SC)cc3)C2=O)cc1. The Morgan fingerprint density at radius 2 is 1.59 bits per heavy atom. The van der Waals surface area contributed by atoms with Gasteiger partial charge in [0.2, 0.25) is 5.91 Å². The summed E-state index contributed by atoms with van der Waals surface area (Å²) in [7, 11) is 0. The maximum atomic E-state index is 13.7. The molecule has 2 amide bonds. The maximum Gasteiger partial charge on any atom is 0.266 e. The molecule has 0 aromatic heterocycles. The first kappa shape index (κ1) is 22.5. The second-order valence-electron chi connectivity index (χ2n) is 8.29. The van der Waals surface area contributed by atoms with Crippen molar-refractivity contribution in [3.63, 3.8) is 0 Å². The highest BCUT2D eigenvalue weighted by atomic mass is 32.2. The van der Waals surface area contributed by atoms with Gasteiger partial charge in [0.1, 0.15) is 11.7 Å². The molecule has 0 N–H and O–H groups in total. The van der Waals surface area contributed by atoms with Crippen LogP contribution in [0.15, 0.2) is 83.8 Å². The lowest BCUT2D eigenvalue weighted by Gasteiger charge is -2.28. The minimum atomic E-state index is -0.881. The summed E-state index contributed by atoms with van der Waals surface area (Å²) < 4.78 is 5.64. The summed E-state index contributed by atoms with van der Waals surface area (Å²) in [4.78, 5) is 35.7. The Hall–Kier alpha value is -3.29. The van der Waals surface area contributed by atoms with Crippen molar-refractivity contribution in [1.29, 1.82) is 0 Å². The van der Waals surface area contributed by atoms with Gasteiger partial charge < -0.3 is 4.74 Å². The van der Waals surface area contributed by atoms with E-state index in [2.05, 4.69) is 0 Å². The number of ether oxygens (including phenoxy) is 1. The summed E-state index contributed by atoms with van der Waals surface area (Å²) in [6.45, 7) is 2.66. The van der Waals surface area contributed by atoms with Crippen LogP contribution in [0.25, 0.3) is 0 Å². The summed E-state index contributed by atoms with van der Waals surface area (Å²) in [6.07, 6.45) is 2.05. The minimum absolute atomic E-state index is 0.255. The van der Waals surface area contributed by atoms with Crippen molar-refractivity contribution in [2.75, 3.05) is 22.8 Å². The van der Waals surface area contributed by atoms with Gasteiger partial charge in [-0.05, 0) is 66.8 Å². The number of benzene rings is 3. The molecule has 2 heterocycles. The number of para-hydroxylation sites is 1. The number of hydrogen-bond donors (Lipinski definition) is 0. The van der Waals surface area contributed by atoms with Gasteiger partial charge >= 0.3 is 0 Å². The topological polar surface area (TPSA) is 59.1 Å². The van der Waals surface area contributed by atoms with E-state index in [0.717, 1.165) is 22.6 Å². The van der Waals surface area contributed by atoms with Crippen molar-refractivity contribution >= 4 is 35.0 Å². The van der Waals surface area contributed by atoms with E-state index in [0.29, 0.717) is 18.0 Å². The Balaban J connectivity index is 1.49. The third-order valence-electron chi connectivity index (χ3n) is 6.15. The van der Waals surface area contributed by atoms with Crippen LogP contribution in [0.4, 0.5) is 11.4 Å². The third kappa shape index (κ3) is 3.95. The average Bonchev–Trinajstić information content (AvgIpc) is 3.39. The Bertz CT molecular complexity index is 1170. The molecule has 0 radical (unpaired) electrons. The molecular formula is C27H26N2O4S. The van der Waals surface area contributed by atoms with Crippen LogP contribution in [-0.4, -0.2) is 30.8 Å². The number of hydroxylamine groups is 1. The third-order valence-corrected chi connectivity index (χ3v) is 6.89. The van der Waals surface area contributed by atoms with Gasteiger partial charge in [-0.15, -0.1) is 11.8 Å². The molecule has 2 fully saturated rings. The summed E-state index contributed by atoms with van der Waals surface area (Å²) in [5.74, 6) is -0.539. The number of hydrogen-bond acceptors (Lipinski definition) is 6. The summed E-state index contributed by atoms with van der Waals surface area (Å²) in [5, 5.41) is 1.72. The lowest BCUT2D eigenvalue weighted by Crippen LogP contribution is -2.37. The van der Waals surface area contributed by atoms with Crippen LogP contribution in [0.3, 0.4) is 0 Å². The second-order valence-corrected chi connectivity index (χ2v) is 9.17. The molecule has 3 atom stereocenters. The molecule has 3 aromatic rings. The van der Waals surface area contributed by atoms with E-state index in [1.807, 2.05) is 67.8 Å². The molecule has 0 unspecified atom stereocenters. The number of nitrogens with zero attached hydrogens (tertiary/aromatic N) is 2. The van der Waals surface area contributed by atoms with Crippen molar-refractivity contribution < 1.29 is 19.2 Å². The van der Waals surface area contributed by atoms with E-state index >= 15 is 0 Å². The van der Waals surface area contributed by atoms with Crippen molar-refractivity contribution in [3.8, 4) is 5.75 Å². The molecule has 5 rings (SSSR count). The van der Waals surface area contributed by atoms with Gasteiger partial charge in [-0.1, -0.05) is 37.3 Å². The standard InChI is InChI=1S/C27H26N2O4S/c1-3-17-32-21-13-11-19(12-14-21)28-26(30)23-24(18-9-15-22(34-2)16-10-18)29(33-25(23)27(28)31)20-7-5-4-6-8-20/h4-16,23-25H,3,17H2,1-2H3/t23-,24+,25+/m1/s1. The van der Waals surface area contributed by atoms with E-state index < -0.39 is 18.1 Å². The zero-order valence-electron chi connectivity index (χ0n) is 19.1. The van der Waals surface area contributed by atoms with Crippen molar-refractivity contribution in [1.82, 2.24) is 0 Å². The number of carbonyl (C=O) groups is 2. The van der Waals surface area contributed by atoms with Gasteiger partial charge in [0.25, 0.3) is 5.91 Å². The Labute approximate surface area is 203 Å². The van der Waals surface area contributed by atoms with Gasteiger partial charge in [0, 0.05) is 4.90 Å². The zero-order chi connectivity index (χ0) is 23.7. The minimum Gasteiger partial charge on any atom is -0.494 e. The van der Waals surface area contributed by atoms with E-state index in [1.165, 1.54) is 4.90 Å². The van der Waals surface area contributed by atoms with Crippen LogP contribution in [-0.2, 0) is 14.4 Å². The maximum absolute atomic E-state index is 13.7. The number of rotatable bonds is 7. The van der Waals surface area contributed by atoms with Crippen molar-refractivity contribution in [3.05, 3.63) is 84.4 Å². The molecule has 0 spiro atoms. The molecule has 2 aliphatic heterocycles. The van der Waals surface area contributed by atoms with Crippen LogP contribution >= 0.6 is 11.8 Å². The highest BCUT2D eigenvalue weighted by Gasteiger charge is 2.60. The Morgan fingerprint density at radius 1 is 0.882 bits per heavy atom. The van der Waals surface area contributed by atoms with Gasteiger partial charge in [0.05, 0.1) is 24.0 Å². The highest BCUT2D eigenvalue weighted by Crippen LogP contribution is 2.47. The van der Waals surface area contributed by atoms with Gasteiger partial charge in [0.15, 0.2) is 6.10 Å². The predicted molar refractivity (Wildman–Crippen MR) is 133 cm³/mol. The molecule has 0 bridgehead atoms. The molecule has 7 heteroatoms. The first-order valence-corrected chi connectivity index (χ1v) is 12.6. The second kappa shape index (κ2) is 9.52. The van der Waals surface area contributed by atoms with Crippen LogP contribution in [0.5, 0.6) is 5.75 Å². The van der Waals surface area contributed by atoms with Crippen LogP contribution in [0, 0.1) is 5.92 Å². The molecule has 2 saturated heterocycles. The summed E-state index contributed by atoms with van der Waals surface area (Å²) in [5.41, 5.74) is 2.26. The lowest BCUT2D eigenvalue weighted by molar-refractivity contribution is -0.126. The van der Waals surface area contributed by atoms with Gasteiger partial charge in [-0.2, -0.15) is 0 Å². The van der Waals surface area contributed by atoms with Gasteiger partial charge in [-0.25, -0.2) is 9.96 Å². The Kier molecular flexibility index (Phi) is 6.30.